The van der Waals surface area contributed by atoms with Crippen LogP contribution in [-0.2, 0) is 19.3 Å². The van der Waals surface area contributed by atoms with Gasteiger partial charge in [-0.25, -0.2) is 9.97 Å². The Morgan fingerprint density at radius 3 is 2.79 bits per heavy atom. The van der Waals surface area contributed by atoms with E-state index in [1.807, 2.05) is 36.9 Å². The molecule has 1 aliphatic rings. The molecule has 0 aromatic carbocycles. The Kier molecular flexibility index (Phi) is 5.15. The van der Waals surface area contributed by atoms with Gasteiger partial charge >= 0.3 is 6.18 Å². The molecule has 0 aliphatic carbocycles. The number of hydrogen-bond donors (Lipinski definition) is 2. The van der Waals surface area contributed by atoms with E-state index in [-0.39, 0.29) is 18.4 Å². The number of aromatic amines is 1. The number of fused-ring (bicyclic) bond motifs is 2. The van der Waals surface area contributed by atoms with Gasteiger partial charge in [-0.2, -0.15) is 13.2 Å². The zero-order valence-electron chi connectivity index (χ0n) is 17.8. The number of pyridine rings is 2. The minimum Gasteiger partial charge on any atom is -0.380 e. The molecular formula is C21H20ClF3N8. The van der Waals surface area contributed by atoms with Crippen LogP contribution >= 0.6 is 11.6 Å². The molecule has 8 nitrogen and oxygen atoms in total. The highest BCUT2D eigenvalue weighted by Gasteiger charge is 2.41. The van der Waals surface area contributed by atoms with Gasteiger partial charge in [-0.05, 0) is 43.2 Å². The molecule has 0 saturated carbocycles. The fourth-order valence-electron chi connectivity index (χ4n) is 4.16. The summed E-state index contributed by atoms with van der Waals surface area (Å²) in [6, 6.07) is 5.26. The number of hydrogen-bond acceptors (Lipinski definition) is 6. The van der Waals surface area contributed by atoms with E-state index in [1.165, 1.54) is 0 Å². The van der Waals surface area contributed by atoms with E-state index < -0.39 is 12.0 Å². The Morgan fingerprint density at radius 1 is 1.21 bits per heavy atom. The van der Waals surface area contributed by atoms with Gasteiger partial charge in [0.05, 0.1) is 6.04 Å². The van der Waals surface area contributed by atoms with Gasteiger partial charge in [0.25, 0.3) is 0 Å². The second kappa shape index (κ2) is 7.91. The average Bonchev–Trinajstić information content (AvgIpc) is 3.36. The van der Waals surface area contributed by atoms with Crippen molar-refractivity contribution in [1.82, 2.24) is 29.7 Å². The van der Waals surface area contributed by atoms with Gasteiger partial charge in [-0.3, -0.25) is 0 Å². The highest BCUT2D eigenvalue weighted by atomic mass is 35.5. The van der Waals surface area contributed by atoms with Gasteiger partial charge in [0.1, 0.15) is 16.6 Å². The zero-order valence-corrected chi connectivity index (χ0v) is 18.5. The lowest BCUT2D eigenvalue weighted by atomic mass is 10.1. The highest BCUT2D eigenvalue weighted by molar-refractivity contribution is 6.30. The SMILES string of the molecule is Cc1cc(N2CCn3c(nnc3C(F)(F)F)[C@H]2C)ncc1CNc1ccnc2[nH]c(Cl)cc12. The summed E-state index contributed by atoms with van der Waals surface area (Å²) in [5.74, 6) is 0.0180. The largest absolute Gasteiger partial charge is 0.451 e. The first-order chi connectivity index (χ1) is 15.7. The molecule has 5 rings (SSSR count). The Morgan fingerprint density at radius 2 is 2.03 bits per heavy atom. The van der Waals surface area contributed by atoms with Gasteiger partial charge in [0, 0.05) is 43.1 Å². The molecular weight excluding hydrogens is 457 g/mol. The summed E-state index contributed by atoms with van der Waals surface area (Å²) in [5, 5.41) is 12.0. The minimum atomic E-state index is -4.53. The molecule has 33 heavy (non-hydrogen) atoms. The van der Waals surface area contributed by atoms with Crippen molar-refractivity contribution in [2.75, 3.05) is 16.8 Å². The van der Waals surface area contributed by atoms with Crippen molar-refractivity contribution in [3.8, 4) is 0 Å². The summed E-state index contributed by atoms with van der Waals surface area (Å²) in [6.45, 7) is 4.85. The van der Waals surface area contributed by atoms with Crippen LogP contribution in [0.15, 0.2) is 30.6 Å². The Balaban J connectivity index is 1.34. The molecule has 4 aromatic heterocycles. The van der Waals surface area contributed by atoms with Crippen molar-refractivity contribution in [3.63, 3.8) is 0 Å². The first kappa shape index (κ1) is 21.5. The second-order valence-corrected chi connectivity index (χ2v) is 8.37. The molecule has 0 fully saturated rings. The fourth-order valence-corrected chi connectivity index (χ4v) is 4.36. The number of rotatable bonds is 4. The number of H-pyrrole nitrogens is 1. The van der Waals surface area contributed by atoms with Crippen molar-refractivity contribution in [3.05, 3.63) is 58.5 Å². The monoisotopic (exact) mass is 476 g/mol. The van der Waals surface area contributed by atoms with Gasteiger partial charge in [-0.15, -0.1) is 10.2 Å². The molecule has 1 aliphatic heterocycles. The maximum absolute atomic E-state index is 13.2. The number of aromatic nitrogens is 6. The lowest BCUT2D eigenvalue weighted by molar-refractivity contribution is -0.147. The first-order valence-electron chi connectivity index (χ1n) is 10.3. The number of nitrogens with one attached hydrogen (secondary N) is 2. The highest BCUT2D eigenvalue weighted by Crippen LogP contribution is 2.34. The van der Waals surface area contributed by atoms with E-state index in [2.05, 4.69) is 30.5 Å². The molecule has 0 unspecified atom stereocenters. The van der Waals surface area contributed by atoms with Crippen LogP contribution in [-0.4, -0.2) is 36.3 Å². The molecule has 1 atom stereocenters. The van der Waals surface area contributed by atoms with Crippen LogP contribution in [0.1, 0.15) is 35.7 Å². The average molecular weight is 477 g/mol. The maximum Gasteiger partial charge on any atom is 0.451 e. The van der Waals surface area contributed by atoms with Crippen molar-refractivity contribution in [1.29, 1.82) is 0 Å². The Labute approximate surface area is 191 Å². The van der Waals surface area contributed by atoms with E-state index >= 15 is 0 Å². The van der Waals surface area contributed by atoms with Crippen molar-refractivity contribution >= 4 is 34.1 Å². The summed E-state index contributed by atoms with van der Waals surface area (Å²) in [7, 11) is 0. The lowest BCUT2D eigenvalue weighted by Gasteiger charge is -2.35. The normalized spacial score (nSPS) is 16.3. The molecule has 0 saturated heterocycles. The van der Waals surface area contributed by atoms with Crippen molar-refractivity contribution in [2.24, 2.45) is 0 Å². The topological polar surface area (TPSA) is 87.6 Å². The van der Waals surface area contributed by atoms with E-state index in [1.54, 1.807) is 12.4 Å². The second-order valence-electron chi connectivity index (χ2n) is 7.96. The summed E-state index contributed by atoms with van der Waals surface area (Å²) < 4.78 is 40.7. The molecule has 172 valence electrons. The van der Waals surface area contributed by atoms with Crippen molar-refractivity contribution < 1.29 is 13.2 Å². The zero-order chi connectivity index (χ0) is 23.3. The first-order valence-corrected chi connectivity index (χ1v) is 10.7. The molecule has 0 radical (unpaired) electrons. The number of nitrogens with zero attached hydrogens (tertiary/aromatic N) is 6. The summed E-state index contributed by atoms with van der Waals surface area (Å²) in [6.07, 6.45) is -1.04. The summed E-state index contributed by atoms with van der Waals surface area (Å²) in [5.41, 5.74) is 3.62. The molecule has 2 N–H and O–H groups in total. The predicted octanol–water partition coefficient (Wildman–Crippen LogP) is 4.72. The van der Waals surface area contributed by atoms with Gasteiger partial charge in [-0.1, -0.05) is 11.6 Å². The van der Waals surface area contributed by atoms with Crippen LogP contribution < -0.4 is 10.2 Å². The molecule has 0 amide bonds. The van der Waals surface area contributed by atoms with Crippen LogP contribution in [0.4, 0.5) is 24.7 Å². The summed E-state index contributed by atoms with van der Waals surface area (Å²) >= 11 is 6.05. The van der Waals surface area contributed by atoms with Crippen molar-refractivity contribution in [2.45, 2.75) is 39.2 Å². The van der Waals surface area contributed by atoms with E-state index in [0.717, 1.165) is 26.8 Å². The van der Waals surface area contributed by atoms with Crippen LogP contribution in [0.5, 0.6) is 0 Å². The van der Waals surface area contributed by atoms with Crippen LogP contribution in [0.3, 0.4) is 0 Å². The van der Waals surface area contributed by atoms with Gasteiger partial charge in [0.2, 0.25) is 5.82 Å². The molecule has 5 heterocycles. The third-order valence-electron chi connectivity index (χ3n) is 5.91. The van der Waals surface area contributed by atoms with E-state index in [4.69, 9.17) is 11.6 Å². The number of anilines is 2. The third kappa shape index (κ3) is 3.86. The third-order valence-corrected chi connectivity index (χ3v) is 6.11. The van der Waals surface area contributed by atoms with Gasteiger partial charge in [0.15, 0.2) is 5.82 Å². The summed E-state index contributed by atoms with van der Waals surface area (Å²) in [4.78, 5) is 13.8. The maximum atomic E-state index is 13.2. The Hall–Kier alpha value is -3.34. The van der Waals surface area contributed by atoms with Crippen LogP contribution in [0, 0.1) is 6.92 Å². The number of aryl methyl sites for hydroxylation is 1. The molecule has 4 aromatic rings. The van der Waals surface area contributed by atoms with Crippen LogP contribution in [0.2, 0.25) is 5.15 Å². The number of alkyl halides is 3. The smallest absolute Gasteiger partial charge is 0.380 e. The van der Waals surface area contributed by atoms with E-state index in [9.17, 15) is 13.2 Å². The van der Waals surface area contributed by atoms with Gasteiger partial charge < -0.3 is 19.8 Å². The van der Waals surface area contributed by atoms with E-state index in [0.29, 0.717) is 29.7 Å². The molecule has 12 heteroatoms. The number of halogens is 4. The molecule has 0 spiro atoms. The predicted molar refractivity (Wildman–Crippen MR) is 118 cm³/mol. The molecule has 0 bridgehead atoms. The quantitative estimate of drug-likeness (QED) is 0.443. The Bertz CT molecular complexity index is 1330. The minimum absolute atomic E-state index is 0.142. The fraction of sp³-hybridized carbons (Fsp3) is 0.333. The lowest BCUT2D eigenvalue weighted by Crippen LogP contribution is -2.38. The standard InChI is InChI=1S/C21H20ClF3N8/c1-11-7-17(32-5-6-33-19(12(32)2)30-31-20(33)21(23,24)25)28-10-13(11)9-27-15-3-4-26-18-14(15)8-16(22)29-18/h3-4,7-8,10,12H,5-6,9H2,1-2H3,(H2,26,27,29)/t12-/m1/s1. The van der Waals surface area contributed by atoms with Crippen LogP contribution in [0.25, 0.3) is 11.0 Å².